The van der Waals surface area contributed by atoms with E-state index in [4.69, 9.17) is 9.57 Å². The highest BCUT2D eigenvalue weighted by Gasteiger charge is 2.04. The molecule has 1 heterocycles. The molecule has 20 heavy (non-hydrogen) atoms. The zero-order valence-corrected chi connectivity index (χ0v) is 12.0. The maximum Gasteiger partial charge on any atom is 0.0933 e. The minimum absolute atomic E-state index is 0.291. The predicted molar refractivity (Wildman–Crippen MR) is 79.2 cm³/mol. The number of hydrogen-bond acceptors (Lipinski definition) is 5. The van der Waals surface area contributed by atoms with E-state index >= 15 is 0 Å². The predicted octanol–water partition coefficient (Wildman–Crippen LogP) is 2.35. The molecule has 0 saturated carbocycles. The van der Waals surface area contributed by atoms with Gasteiger partial charge in [0.1, 0.15) is 0 Å². The van der Waals surface area contributed by atoms with Crippen molar-refractivity contribution in [2.75, 3.05) is 13.2 Å². The molecule has 108 valence electrons. The Bertz CT molecular complexity index is 461. The van der Waals surface area contributed by atoms with Crippen molar-refractivity contribution in [3.8, 4) is 0 Å². The fourth-order valence-corrected chi connectivity index (χ4v) is 2.25. The molecule has 2 N–H and O–H groups in total. The van der Waals surface area contributed by atoms with Gasteiger partial charge in [-0.05, 0) is 17.0 Å². The van der Waals surface area contributed by atoms with Crippen LogP contribution < -0.4 is 5.48 Å². The van der Waals surface area contributed by atoms with Gasteiger partial charge in [0.05, 0.1) is 25.9 Å². The van der Waals surface area contributed by atoms with Gasteiger partial charge < -0.3 is 9.84 Å². The Balaban J connectivity index is 1.51. The molecule has 1 unspecified atom stereocenters. The van der Waals surface area contributed by atoms with Crippen LogP contribution in [0.5, 0.6) is 0 Å². The molecular weight excluding hydrogens is 274 g/mol. The van der Waals surface area contributed by atoms with Crippen molar-refractivity contribution in [3.63, 3.8) is 0 Å². The van der Waals surface area contributed by atoms with Gasteiger partial charge in [-0.3, -0.25) is 4.84 Å². The van der Waals surface area contributed by atoms with E-state index in [1.165, 1.54) is 0 Å². The SMILES string of the molecule is OC(CNOCc1ccccc1)COCc1cccs1. The van der Waals surface area contributed by atoms with Crippen molar-refractivity contribution in [1.29, 1.82) is 0 Å². The molecule has 0 spiro atoms. The number of aliphatic hydroxyl groups is 1. The maximum atomic E-state index is 9.71. The molecule has 1 atom stereocenters. The number of hydrogen-bond donors (Lipinski definition) is 2. The molecular formula is C15H19NO3S. The first-order chi connectivity index (χ1) is 9.84. The summed E-state index contributed by atoms with van der Waals surface area (Å²) in [6.45, 7) is 1.65. The van der Waals surface area contributed by atoms with Gasteiger partial charge in [-0.15, -0.1) is 11.3 Å². The van der Waals surface area contributed by atoms with Gasteiger partial charge in [-0.25, -0.2) is 0 Å². The molecule has 2 rings (SSSR count). The topological polar surface area (TPSA) is 50.7 Å². The van der Waals surface area contributed by atoms with Gasteiger partial charge in [0.2, 0.25) is 0 Å². The van der Waals surface area contributed by atoms with E-state index in [2.05, 4.69) is 5.48 Å². The van der Waals surface area contributed by atoms with E-state index in [0.717, 1.165) is 10.4 Å². The van der Waals surface area contributed by atoms with Crippen LogP contribution in [0.3, 0.4) is 0 Å². The molecule has 1 aromatic carbocycles. The summed E-state index contributed by atoms with van der Waals surface area (Å²) >= 11 is 1.65. The summed E-state index contributed by atoms with van der Waals surface area (Å²) in [5.41, 5.74) is 3.84. The lowest BCUT2D eigenvalue weighted by Gasteiger charge is -2.12. The van der Waals surface area contributed by atoms with Crippen molar-refractivity contribution >= 4 is 11.3 Å². The van der Waals surface area contributed by atoms with E-state index in [9.17, 15) is 5.11 Å². The zero-order valence-electron chi connectivity index (χ0n) is 11.2. The van der Waals surface area contributed by atoms with Crippen LogP contribution in [0, 0.1) is 0 Å². The van der Waals surface area contributed by atoms with Gasteiger partial charge in [0.15, 0.2) is 0 Å². The second-order valence-corrected chi connectivity index (χ2v) is 5.40. The Kier molecular flexibility index (Phi) is 6.70. The van der Waals surface area contributed by atoms with E-state index < -0.39 is 6.10 Å². The monoisotopic (exact) mass is 293 g/mol. The first kappa shape index (κ1) is 15.2. The first-order valence-corrected chi connectivity index (χ1v) is 7.39. The molecule has 0 amide bonds. The van der Waals surface area contributed by atoms with Crippen molar-refractivity contribution in [2.45, 2.75) is 19.3 Å². The van der Waals surface area contributed by atoms with Gasteiger partial charge in [0, 0.05) is 11.4 Å². The summed E-state index contributed by atoms with van der Waals surface area (Å²) < 4.78 is 5.42. The molecule has 0 radical (unpaired) electrons. The number of thiophene rings is 1. The lowest BCUT2D eigenvalue weighted by atomic mass is 10.2. The molecule has 0 saturated heterocycles. The maximum absolute atomic E-state index is 9.71. The number of nitrogens with one attached hydrogen (secondary N) is 1. The number of benzene rings is 1. The number of ether oxygens (including phenoxy) is 1. The fraction of sp³-hybridized carbons (Fsp3) is 0.333. The highest BCUT2D eigenvalue weighted by atomic mass is 32.1. The van der Waals surface area contributed by atoms with Crippen LogP contribution in [0.15, 0.2) is 47.8 Å². The molecule has 0 fully saturated rings. The summed E-state index contributed by atoms with van der Waals surface area (Å²) in [7, 11) is 0. The highest BCUT2D eigenvalue weighted by molar-refractivity contribution is 7.09. The zero-order chi connectivity index (χ0) is 14.0. The van der Waals surface area contributed by atoms with Crippen molar-refractivity contribution in [2.24, 2.45) is 0 Å². The Labute approximate surface area is 122 Å². The molecule has 5 heteroatoms. The van der Waals surface area contributed by atoms with Crippen molar-refractivity contribution < 1.29 is 14.7 Å². The third kappa shape index (κ3) is 5.81. The van der Waals surface area contributed by atoms with Crippen molar-refractivity contribution in [3.05, 3.63) is 58.3 Å². The average Bonchev–Trinajstić information content (AvgIpc) is 2.98. The summed E-state index contributed by atoms with van der Waals surface area (Å²) in [4.78, 5) is 6.44. The van der Waals surface area contributed by atoms with Crippen molar-refractivity contribution in [1.82, 2.24) is 5.48 Å². The minimum atomic E-state index is -0.578. The van der Waals surface area contributed by atoms with Crippen LogP contribution in [-0.2, 0) is 22.8 Å². The minimum Gasteiger partial charge on any atom is -0.389 e. The average molecular weight is 293 g/mol. The third-order valence-electron chi connectivity index (χ3n) is 2.64. The second-order valence-electron chi connectivity index (χ2n) is 4.37. The lowest BCUT2D eigenvalue weighted by molar-refractivity contribution is -0.0242. The van der Waals surface area contributed by atoms with Crippen LogP contribution in [0.4, 0.5) is 0 Å². The van der Waals surface area contributed by atoms with Crippen LogP contribution in [0.2, 0.25) is 0 Å². The van der Waals surface area contributed by atoms with E-state index in [0.29, 0.717) is 26.4 Å². The Morgan fingerprint density at radius 3 is 2.70 bits per heavy atom. The molecule has 0 aliphatic heterocycles. The molecule has 4 nitrogen and oxygen atoms in total. The quantitative estimate of drug-likeness (QED) is 0.550. The lowest BCUT2D eigenvalue weighted by Crippen LogP contribution is -2.30. The summed E-state index contributed by atoms with van der Waals surface area (Å²) in [5.74, 6) is 0. The van der Waals surface area contributed by atoms with Gasteiger partial charge in [-0.2, -0.15) is 5.48 Å². The van der Waals surface area contributed by atoms with Crippen LogP contribution in [-0.4, -0.2) is 24.4 Å². The number of rotatable bonds is 9. The summed E-state index contributed by atoms with van der Waals surface area (Å²) in [6, 6.07) is 13.9. The first-order valence-electron chi connectivity index (χ1n) is 6.51. The van der Waals surface area contributed by atoms with Gasteiger partial charge in [-0.1, -0.05) is 36.4 Å². The van der Waals surface area contributed by atoms with E-state index in [-0.39, 0.29) is 0 Å². The summed E-state index contributed by atoms with van der Waals surface area (Å²) in [5, 5.41) is 11.7. The molecule has 0 bridgehead atoms. The second kappa shape index (κ2) is 8.84. The molecule has 0 aliphatic carbocycles. The van der Waals surface area contributed by atoms with Crippen LogP contribution in [0.1, 0.15) is 10.4 Å². The van der Waals surface area contributed by atoms with E-state index in [1.807, 2.05) is 47.8 Å². The largest absolute Gasteiger partial charge is 0.389 e. The van der Waals surface area contributed by atoms with Gasteiger partial charge >= 0.3 is 0 Å². The van der Waals surface area contributed by atoms with Crippen LogP contribution in [0.25, 0.3) is 0 Å². The molecule has 2 aromatic rings. The smallest absolute Gasteiger partial charge is 0.0933 e. The van der Waals surface area contributed by atoms with Crippen LogP contribution >= 0.6 is 11.3 Å². The standard InChI is InChI=1S/C15H19NO3S/c17-14(11-18-12-15-7-4-8-20-15)9-16-19-10-13-5-2-1-3-6-13/h1-8,14,16-17H,9-12H2. The molecule has 0 aliphatic rings. The number of aliphatic hydroxyl groups excluding tert-OH is 1. The number of hydroxylamine groups is 1. The highest BCUT2D eigenvalue weighted by Crippen LogP contribution is 2.09. The third-order valence-corrected chi connectivity index (χ3v) is 3.49. The Hall–Kier alpha value is -1.24. The Morgan fingerprint density at radius 1 is 1.10 bits per heavy atom. The normalized spacial score (nSPS) is 12.4. The van der Waals surface area contributed by atoms with Gasteiger partial charge in [0.25, 0.3) is 0 Å². The fourth-order valence-electron chi connectivity index (χ4n) is 1.61. The Morgan fingerprint density at radius 2 is 1.95 bits per heavy atom. The molecule has 1 aromatic heterocycles. The van der Waals surface area contributed by atoms with E-state index in [1.54, 1.807) is 11.3 Å². The summed E-state index contributed by atoms with van der Waals surface area (Å²) in [6.07, 6.45) is -0.578.